The number of hydrogen-bond donors (Lipinski definition) is 2. The Bertz CT molecular complexity index is 637. The molecule has 0 saturated heterocycles. The van der Waals surface area contributed by atoms with Crippen molar-refractivity contribution in [1.82, 2.24) is 0 Å². The summed E-state index contributed by atoms with van der Waals surface area (Å²) in [5.74, 6) is 0.404. The van der Waals surface area contributed by atoms with Crippen LogP contribution in [0.25, 0.3) is 0 Å². The largest absolute Gasteiger partial charge is 0.495 e. The van der Waals surface area contributed by atoms with Gasteiger partial charge in [-0.15, -0.1) is 0 Å². The van der Waals surface area contributed by atoms with Crippen molar-refractivity contribution in [2.24, 2.45) is 0 Å². The van der Waals surface area contributed by atoms with Gasteiger partial charge in [0.2, 0.25) is 10.0 Å². The summed E-state index contributed by atoms with van der Waals surface area (Å²) in [6, 6.07) is 4.25. The standard InChI is InChI=1S/C9H14N2O5S2/c1-16-9-4-3-7(5-8(9)10)11-18(14,15)6-17(2,12)13/h3-5,11H,6,10H2,1-2H3. The van der Waals surface area contributed by atoms with Crippen LogP contribution in [0.4, 0.5) is 11.4 Å². The van der Waals surface area contributed by atoms with Crippen LogP contribution in [0.5, 0.6) is 5.75 Å². The van der Waals surface area contributed by atoms with Gasteiger partial charge in [-0.3, -0.25) is 4.72 Å². The molecule has 0 aliphatic rings. The SMILES string of the molecule is COc1ccc(NS(=O)(=O)CS(C)(=O)=O)cc1N. The fraction of sp³-hybridized carbons (Fsp3) is 0.333. The van der Waals surface area contributed by atoms with Crippen molar-refractivity contribution in [2.75, 3.05) is 28.9 Å². The molecule has 1 aromatic carbocycles. The van der Waals surface area contributed by atoms with E-state index in [1.807, 2.05) is 0 Å². The minimum absolute atomic E-state index is 0.178. The van der Waals surface area contributed by atoms with Crippen molar-refractivity contribution in [3.63, 3.8) is 0 Å². The average molecular weight is 294 g/mol. The number of methoxy groups -OCH3 is 1. The predicted molar refractivity (Wildman–Crippen MR) is 69.7 cm³/mol. The molecule has 0 heterocycles. The molecule has 18 heavy (non-hydrogen) atoms. The highest BCUT2D eigenvalue weighted by Gasteiger charge is 2.18. The molecule has 1 rings (SSSR count). The minimum atomic E-state index is -3.96. The van der Waals surface area contributed by atoms with Gasteiger partial charge in [0, 0.05) is 6.26 Å². The fourth-order valence-corrected chi connectivity index (χ4v) is 4.27. The highest BCUT2D eigenvalue weighted by Crippen LogP contribution is 2.25. The lowest BCUT2D eigenvalue weighted by atomic mass is 10.2. The second-order valence-electron chi connectivity index (χ2n) is 3.72. The Morgan fingerprint density at radius 1 is 1.28 bits per heavy atom. The van der Waals surface area contributed by atoms with Gasteiger partial charge in [0.1, 0.15) is 5.75 Å². The molecule has 0 unspecified atom stereocenters. The van der Waals surface area contributed by atoms with Crippen molar-refractivity contribution in [3.05, 3.63) is 18.2 Å². The van der Waals surface area contributed by atoms with E-state index in [9.17, 15) is 16.8 Å². The van der Waals surface area contributed by atoms with Crippen LogP contribution in [0, 0.1) is 0 Å². The van der Waals surface area contributed by atoms with Crippen LogP contribution in [0.2, 0.25) is 0 Å². The number of hydrogen-bond acceptors (Lipinski definition) is 6. The van der Waals surface area contributed by atoms with Crippen LogP contribution in [0.15, 0.2) is 18.2 Å². The van der Waals surface area contributed by atoms with E-state index in [1.165, 1.54) is 25.3 Å². The van der Waals surface area contributed by atoms with Crippen LogP contribution in [-0.2, 0) is 19.9 Å². The van der Waals surface area contributed by atoms with E-state index in [0.717, 1.165) is 6.26 Å². The second-order valence-corrected chi connectivity index (χ2v) is 7.95. The maximum Gasteiger partial charge on any atom is 0.247 e. The summed E-state index contributed by atoms with van der Waals surface area (Å²) in [6.45, 7) is 0. The van der Waals surface area contributed by atoms with Gasteiger partial charge in [0.25, 0.3) is 0 Å². The van der Waals surface area contributed by atoms with E-state index in [1.54, 1.807) is 0 Å². The van der Waals surface area contributed by atoms with Gasteiger partial charge in [-0.2, -0.15) is 0 Å². The van der Waals surface area contributed by atoms with Crippen molar-refractivity contribution >= 4 is 31.2 Å². The number of sulfone groups is 1. The molecule has 0 spiro atoms. The Labute approximate surface area is 106 Å². The number of benzene rings is 1. The number of nitrogen functional groups attached to an aromatic ring is 1. The quantitative estimate of drug-likeness (QED) is 0.740. The lowest BCUT2D eigenvalue weighted by Crippen LogP contribution is -2.22. The first-order valence-electron chi connectivity index (χ1n) is 4.75. The Hall–Kier alpha value is -1.48. The van der Waals surface area contributed by atoms with Crippen molar-refractivity contribution in [1.29, 1.82) is 0 Å². The van der Waals surface area contributed by atoms with Crippen LogP contribution in [0.1, 0.15) is 0 Å². The summed E-state index contributed by atoms with van der Waals surface area (Å²) in [5.41, 5.74) is 6.02. The van der Waals surface area contributed by atoms with Crippen LogP contribution < -0.4 is 15.2 Å². The number of sulfonamides is 1. The van der Waals surface area contributed by atoms with Gasteiger partial charge in [-0.05, 0) is 18.2 Å². The topological polar surface area (TPSA) is 116 Å². The summed E-state index contributed by atoms with van der Waals surface area (Å²) in [6.07, 6.45) is 0.842. The molecule has 0 aliphatic carbocycles. The molecule has 0 radical (unpaired) electrons. The van der Waals surface area contributed by atoms with E-state index >= 15 is 0 Å². The van der Waals surface area contributed by atoms with Crippen molar-refractivity contribution < 1.29 is 21.6 Å². The number of nitrogens with two attached hydrogens (primary N) is 1. The van der Waals surface area contributed by atoms with Gasteiger partial charge < -0.3 is 10.5 Å². The lowest BCUT2D eigenvalue weighted by molar-refractivity contribution is 0.417. The Morgan fingerprint density at radius 2 is 1.89 bits per heavy atom. The Morgan fingerprint density at radius 3 is 2.33 bits per heavy atom. The van der Waals surface area contributed by atoms with E-state index in [4.69, 9.17) is 10.5 Å². The average Bonchev–Trinajstić information content (AvgIpc) is 2.12. The molecule has 102 valence electrons. The normalized spacial score (nSPS) is 12.1. The van der Waals surface area contributed by atoms with Gasteiger partial charge >= 0.3 is 0 Å². The summed E-state index contributed by atoms with van der Waals surface area (Å²) in [5, 5.41) is -0.980. The van der Waals surface area contributed by atoms with Gasteiger partial charge in [-0.1, -0.05) is 0 Å². The van der Waals surface area contributed by atoms with E-state index in [2.05, 4.69) is 4.72 Å². The lowest BCUT2D eigenvalue weighted by Gasteiger charge is -2.09. The highest BCUT2D eigenvalue weighted by molar-refractivity contribution is 8.08. The Kier molecular flexibility index (Phi) is 4.07. The monoisotopic (exact) mass is 294 g/mol. The molecular formula is C9H14N2O5S2. The van der Waals surface area contributed by atoms with E-state index in [0.29, 0.717) is 5.75 Å². The maximum atomic E-state index is 11.5. The highest BCUT2D eigenvalue weighted by atomic mass is 32.3. The molecule has 0 aliphatic heterocycles. The molecule has 0 fully saturated rings. The van der Waals surface area contributed by atoms with Gasteiger partial charge in [-0.25, -0.2) is 16.8 Å². The minimum Gasteiger partial charge on any atom is -0.495 e. The summed E-state index contributed by atoms with van der Waals surface area (Å²) >= 11 is 0. The van der Waals surface area contributed by atoms with Crippen LogP contribution in [-0.4, -0.2) is 35.3 Å². The van der Waals surface area contributed by atoms with Crippen LogP contribution in [0.3, 0.4) is 0 Å². The smallest absolute Gasteiger partial charge is 0.247 e. The summed E-state index contributed by atoms with van der Waals surface area (Å²) in [4.78, 5) is 0. The molecule has 0 atom stereocenters. The molecule has 0 aromatic heterocycles. The molecule has 0 amide bonds. The second kappa shape index (κ2) is 5.02. The molecular weight excluding hydrogens is 280 g/mol. The van der Waals surface area contributed by atoms with Crippen molar-refractivity contribution in [3.8, 4) is 5.75 Å². The molecule has 3 N–H and O–H groups in total. The molecule has 7 nitrogen and oxygen atoms in total. The maximum absolute atomic E-state index is 11.5. The predicted octanol–water partition coefficient (Wildman–Crippen LogP) is 0.0212. The van der Waals surface area contributed by atoms with E-state index < -0.39 is 24.9 Å². The Balaban J connectivity index is 2.95. The number of nitrogens with one attached hydrogen (secondary N) is 1. The third-order valence-electron chi connectivity index (χ3n) is 1.87. The third kappa shape index (κ3) is 4.41. The van der Waals surface area contributed by atoms with Gasteiger partial charge in [0.05, 0.1) is 18.5 Å². The van der Waals surface area contributed by atoms with Crippen LogP contribution >= 0.6 is 0 Å². The van der Waals surface area contributed by atoms with Crippen molar-refractivity contribution in [2.45, 2.75) is 0 Å². The van der Waals surface area contributed by atoms with Gasteiger partial charge in [0.15, 0.2) is 14.9 Å². The first-order chi connectivity index (χ1) is 8.13. The molecule has 9 heteroatoms. The first-order valence-corrected chi connectivity index (χ1v) is 8.46. The number of anilines is 2. The summed E-state index contributed by atoms with van der Waals surface area (Å²) < 4.78 is 52.0. The molecule has 0 bridgehead atoms. The third-order valence-corrected chi connectivity index (χ3v) is 5.37. The zero-order chi connectivity index (χ0) is 14.0. The fourth-order valence-electron chi connectivity index (χ4n) is 1.29. The number of rotatable bonds is 5. The zero-order valence-corrected chi connectivity index (χ0v) is 11.5. The first kappa shape index (κ1) is 14.6. The molecule has 0 saturated carbocycles. The zero-order valence-electron chi connectivity index (χ0n) is 9.87. The molecule has 1 aromatic rings. The van der Waals surface area contributed by atoms with E-state index in [-0.39, 0.29) is 11.4 Å². The summed E-state index contributed by atoms with van der Waals surface area (Å²) in [7, 11) is -6.16. The number of ether oxygens (including phenoxy) is 1.